The maximum atomic E-state index is 13.4. The van der Waals surface area contributed by atoms with Gasteiger partial charge >= 0.3 is 11.9 Å². The number of nitrogens with two attached hydrogens (primary N) is 3. The zero-order chi connectivity index (χ0) is 26.7. The number of likely N-dealkylation sites (tertiary alicyclic amines) is 1. The van der Waals surface area contributed by atoms with Gasteiger partial charge in [-0.2, -0.15) is 0 Å². The Morgan fingerprint density at radius 1 is 1.14 bits per heavy atom. The highest BCUT2D eigenvalue weighted by Gasteiger charge is 2.40. The average Bonchev–Trinajstić information content (AvgIpc) is 3.27. The molecule has 1 aliphatic rings. The van der Waals surface area contributed by atoms with Crippen LogP contribution >= 0.6 is 0 Å². The molecule has 1 heterocycles. The number of amides is 3. The molecule has 10 N–H and O–H groups in total. The van der Waals surface area contributed by atoms with Crippen LogP contribution < -0.4 is 27.8 Å². The van der Waals surface area contributed by atoms with Crippen molar-refractivity contribution < 1.29 is 34.2 Å². The van der Waals surface area contributed by atoms with Crippen LogP contribution in [-0.4, -0.2) is 88.0 Å². The molecule has 0 bridgehead atoms. The Kier molecular flexibility index (Phi) is 11.9. The monoisotopic (exact) mass is 499 g/mol. The van der Waals surface area contributed by atoms with Crippen LogP contribution in [-0.2, 0) is 24.0 Å². The molecule has 1 aliphatic heterocycles. The van der Waals surface area contributed by atoms with E-state index in [1.54, 1.807) is 6.92 Å². The van der Waals surface area contributed by atoms with E-state index >= 15 is 0 Å². The van der Waals surface area contributed by atoms with Crippen LogP contribution in [0.3, 0.4) is 0 Å². The number of guanidine groups is 1. The quantitative estimate of drug-likeness (QED) is 0.0781. The molecule has 5 atom stereocenters. The molecule has 0 aromatic heterocycles. The summed E-state index contributed by atoms with van der Waals surface area (Å²) in [7, 11) is 0. The third-order valence-corrected chi connectivity index (χ3v) is 5.91. The second-order valence-corrected chi connectivity index (χ2v) is 8.61. The van der Waals surface area contributed by atoms with E-state index in [2.05, 4.69) is 15.6 Å². The molecule has 0 aromatic rings. The molecule has 3 amide bonds. The number of nitrogens with zero attached hydrogens (tertiary/aromatic N) is 2. The number of rotatable bonds is 14. The fraction of sp³-hybridized carbons (Fsp3) is 0.714. The molecule has 0 aliphatic carbocycles. The van der Waals surface area contributed by atoms with Gasteiger partial charge in [0, 0.05) is 13.1 Å². The van der Waals surface area contributed by atoms with E-state index in [9.17, 15) is 29.1 Å². The highest BCUT2D eigenvalue weighted by molar-refractivity contribution is 5.95. The summed E-state index contributed by atoms with van der Waals surface area (Å²) >= 11 is 0. The highest BCUT2D eigenvalue weighted by Crippen LogP contribution is 2.22. The zero-order valence-corrected chi connectivity index (χ0v) is 20.1. The number of carboxylic acid groups (broad SMARTS) is 2. The number of carbonyl (C=O) groups is 5. The van der Waals surface area contributed by atoms with Crippen LogP contribution in [0.25, 0.3) is 0 Å². The minimum Gasteiger partial charge on any atom is -0.481 e. The van der Waals surface area contributed by atoms with Crippen LogP contribution in [0.15, 0.2) is 4.99 Å². The minimum atomic E-state index is -1.33. The summed E-state index contributed by atoms with van der Waals surface area (Å²) in [5.41, 5.74) is 16.1. The van der Waals surface area contributed by atoms with Gasteiger partial charge in [0.05, 0.1) is 12.5 Å². The van der Waals surface area contributed by atoms with Crippen LogP contribution in [0.1, 0.15) is 52.4 Å². The number of carboxylic acids is 2. The van der Waals surface area contributed by atoms with Crippen molar-refractivity contribution in [1.82, 2.24) is 15.5 Å². The second kappa shape index (κ2) is 14.1. The lowest BCUT2D eigenvalue weighted by Crippen LogP contribution is -2.58. The molecule has 0 saturated carbocycles. The molecule has 14 heteroatoms. The normalized spacial score (nSPS) is 18.6. The van der Waals surface area contributed by atoms with Crippen molar-refractivity contribution in [3.8, 4) is 0 Å². The molecule has 5 unspecified atom stereocenters. The van der Waals surface area contributed by atoms with Crippen molar-refractivity contribution in [3.63, 3.8) is 0 Å². The van der Waals surface area contributed by atoms with Gasteiger partial charge < -0.3 is 42.9 Å². The van der Waals surface area contributed by atoms with Gasteiger partial charge in [-0.25, -0.2) is 4.79 Å². The summed E-state index contributed by atoms with van der Waals surface area (Å²) < 4.78 is 0. The Hall–Kier alpha value is -3.42. The van der Waals surface area contributed by atoms with Gasteiger partial charge in [-0.05, 0) is 31.6 Å². The van der Waals surface area contributed by atoms with Gasteiger partial charge in [-0.3, -0.25) is 24.2 Å². The van der Waals surface area contributed by atoms with E-state index in [-0.39, 0.29) is 31.4 Å². The summed E-state index contributed by atoms with van der Waals surface area (Å²) in [6.07, 6.45) is 1.18. The first kappa shape index (κ1) is 29.6. The van der Waals surface area contributed by atoms with E-state index in [1.807, 2.05) is 6.92 Å². The molecule has 1 saturated heterocycles. The average molecular weight is 500 g/mol. The van der Waals surface area contributed by atoms with Gasteiger partial charge in [0.1, 0.15) is 18.1 Å². The molecule has 1 fully saturated rings. The second-order valence-electron chi connectivity index (χ2n) is 8.61. The molecule has 1 rings (SSSR count). The number of hydrogen-bond acceptors (Lipinski definition) is 7. The molecule has 0 radical (unpaired) electrons. The molecule has 198 valence electrons. The van der Waals surface area contributed by atoms with Crippen molar-refractivity contribution >= 4 is 35.6 Å². The van der Waals surface area contributed by atoms with Crippen LogP contribution in [0.2, 0.25) is 0 Å². The first-order valence-corrected chi connectivity index (χ1v) is 11.6. The lowest BCUT2D eigenvalue weighted by atomic mass is 9.96. The smallest absolute Gasteiger partial charge is 0.326 e. The molecule has 0 spiro atoms. The van der Waals surface area contributed by atoms with Gasteiger partial charge in [0.15, 0.2) is 5.96 Å². The van der Waals surface area contributed by atoms with Gasteiger partial charge in [0.2, 0.25) is 17.7 Å². The summed E-state index contributed by atoms with van der Waals surface area (Å²) in [5, 5.41) is 23.4. The number of aliphatic carboxylic acids is 2. The SMILES string of the molecule is CCC(C)C(NC(=O)C(N)CC(=O)O)C(=O)N1CCCC1C(=O)NC(CCCN=C(N)N)C(=O)O. The molecular weight excluding hydrogens is 462 g/mol. The third kappa shape index (κ3) is 9.39. The van der Waals surface area contributed by atoms with Crippen molar-refractivity contribution in [2.75, 3.05) is 13.1 Å². The molecular formula is C21H37N7O7. The maximum Gasteiger partial charge on any atom is 0.326 e. The standard InChI is InChI=1S/C21H37N7O7/c1-3-11(2)16(27-17(31)12(22)10-15(29)30)19(33)28-9-5-7-14(28)18(32)26-13(20(34)35)6-4-8-25-21(23)24/h11-14,16H,3-10,22H2,1-2H3,(H,26,32)(H,27,31)(H,29,30)(H,34,35)(H4,23,24,25). The Labute approximate surface area is 203 Å². The van der Waals surface area contributed by atoms with Gasteiger partial charge in [0.25, 0.3) is 0 Å². The zero-order valence-electron chi connectivity index (χ0n) is 20.1. The number of hydrogen-bond donors (Lipinski definition) is 7. The van der Waals surface area contributed by atoms with E-state index in [0.717, 1.165) is 0 Å². The lowest BCUT2D eigenvalue weighted by Gasteiger charge is -2.32. The largest absolute Gasteiger partial charge is 0.481 e. The first-order chi connectivity index (χ1) is 16.4. The summed E-state index contributed by atoms with van der Waals surface area (Å²) in [5.74, 6) is -4.81. The predicted molar refractivity (Wildman–Crippen MR) is 126 cm³/mol. The van der Waals surface area contributed by atoms with E-state index < -0.39 is 60.2 Å². The van der Waals surface area contributed by atoms with Crippen molar-refractivity contribution in [1.29, 1.82) is 0 Å². The highest BCUT2D eigenvalue weighted by atomic mass is 16.4. The summed E-state index contributed by atoms with van der Waals surface area (Å²) in [6, 6.07) is -4.44. The topological polar surface area (TPSA) is 244 Å². The summed E-state index contributed by atoms with van der Waals surface area (Å²) in [4.78, 5) is 66.2. The number of carbonyl (C=O) groups excluding carboxylic acids is 3. The summed E-state index contributed by atoms with van der Waals surface area (Å²) in [6.45, 7) is 4.02. The third-order valence-electron chi connectivity index (χ3n) is 5.91. The van der Waals surface area contributed by atoms with Crippen molar-refractivity contribution in [2.45, 2.75) is 76.5 Å². The first-order valence-electron chi connectivity index (χ1n) is 11.6. The maximum absolute atomic E-state index is 13.4. The Morgan fingerprint density at radius 2 is 1.80 bits per heavy atom. The Bertz CT molecular complexity index is 816. The van der Waals surface area contributed by atoms with Crippen molar-refractivity contribution in [2.24, 2.45) is 28.1 Å². The molecule has 35 heavy (non-hydrogen) atoms. The molecule has 0 aromatic carbocycles. The van der Waals surface area contributed by atoms with Crippen LogP contribution in [0.5, 0.6) is 0 Å². The predicted octanol–water partition coefficient (Wildman–Crippen LogP) is -2.07. The van der Waals surface area contributed by atoms with E-state index in [4.69, 9.17) is 22.3 Å². The van der Waals surface area contributed by atoms with Crippen LogP contribution in [0.4, 0.5) is 0 Å². The van der Waals surface area contributed by atoms with Gasteiger partial charge in [-0.15, -0.1) is 0 Å². The van der Waals surface area contributed by atoms with Gasteiger partial charge in [-0.1, -0.05) is 20.3 Å². The van der Waals surface area contributed by atoms with E-state index in [0.29, 0.717) is 25.7 Å². The van der Waals surface area contributed by atoms with E-state index in [1.165, 1.54) is 4.90 Å². The number of nitrogens with one attached hydrogen (secondary N) is 2. The number of aliphatic imine (C=N–C) groups is 1. The minimum absolute atomic E-state index is 0.0888. The Balaban J connectivity index is 2.92. The van der Waals surface area contributed by atoms with Crippen molar-refractivity contribution in [3.05, 3.63) is 0 Å². The fourth-order valence-electron chi connectivity index (χ4n) is 3.73. The van der Waals surface area contributed by atoms with Crippen LogP contribution in [0, 0.1) is 5.92 Å². The molecule has 14 nitrogen and oxygen atoms in total. The fourth-order valence-corrected chi connectivity index (χ4v) is 3.73. The Morgan fingerprint density at radius 3 is 2.34 bits per heavy atom. The lowest BCUT2D eigenvalue weighted by molar-refractivity contribution is -0.145.